The van der Waals surface area contributed by atoms with E-state index in [1.54, 1.807) is 12.4 Å². The van der Waals surface area contributed by atoms with Crippen LogP contribution in [-0.4, -0.2) is 14.5 Å². The smallest absolute Gasteiger partial charge is 0.159 e. The Bertz CT molecular complexity index is 1130. The number of hydrogen-bond acceptors (Lipinski definition) is 2. The Morgan fingerprint density at radius 2 is 1.64 bits per heavy atom. The second-order valence-electron chi connectivity index (χ2n) is 6.23. The van der Waals surface area contributed by atoms with E-state index >= 15 is 0 Å². The summed E-state index contributed by atoms with van der Waals surface area (Å²) in [5, 5.41) is 2.45. The Balaban J connectivity index is 1.92. The van der Waals surface area contributed by atoms with Gasteiger partial charge in [-0.2, -0.15) is 0 Å². The molecular formula is C22H17N3. The summed E-state index contributed by atoms with van der Waals surface area (Å²) in [5.74, 6) is 0.768. The van der Waals surface area contributed by atoms with Crippen molar-refractivity contribution in [3.8, 4) is 11.4 Å². The monoisotopic (exact) mass is 323 g/mol. The summed E-state index contributed by atoms with van der Waals surface area (Å²) in [6, 6.07) is 16.8. The molecule has 5 rings (SSSR count). The van der Waals surface area contributed by atoms with Crippen molar-refractivity contribution in [1.29, 1.82) is 0 Å². The number of nitrogens with zero attached hydrogens (tertiary/aromatic N) is 3. The van der Waals surface area contributed by atoms with Crippen LogP contribution in [0.3, 0.4) is 0 Å². The van der Waals surface area contributed by atoms with Gasteiger partial charge in [-0.05, 0) is 37.1 Å². The normalized spacial score (nSPS) is 14.2. The molecule has 0 aliphatic heterocycles. The van der Waals surface area contributed by atoms with Gasteiger partial charge in [0, 0.05) is 34.4 Å². The second-order valence-corrected chi connectivity index (χ2v) is 6.23. The molecule has 0 spiro atoms. The first-order valence-electron chi connectivity index (χ1n) is 8.60. The van der Waals surface area contributed by atoms with Crippen molar-refractivity contribution in [2.24, 2.45) is 0 Å². The van der Waals surface area contributed by atoms with Gasteiger partial charge in [0.15, 0.2) is 5.82 Å². The lowest BCUT2D eigenvalue weighted by atomic mass is 10.1. The van der Waals surface area contributed by atoms with Gasteiger partial charge in [0.25, 0.3) is 0 Å². The van der Waals surface area contributed by atoms with Crippen LogP contribution in [0.25, 0.3) is 38.9 Å². The lowest BCUT2D eigenvalue weighted by Gasteiger charge is -2.12. The van der Waals surface area contributed by atoms with Crippen molar-refractivity contribution in [3.63, 3.8) is 0 Å². The molecule has 1 aliphatic rings. The molecule has 3 nitrogen and oxygen atoms in total. The highest BCUT2D eigenvalue weighted by Gasteiger charge is 2.17. The van der Waals surface area contributed by atoms with Gasteiger partial charge in [-0.3, -0.25) is 0 Å². The van der Waals surface area contributed by atoms with Gasteiger partial charge >= 0.3 is 0 Å². The molecule has 4 aromatic rings. The highest BCUT2D eigenvalue weighted by molar-refractivity contribution is 6.16. The maximum absolute atomic E-state index is 4.48. The van der Waals surface area contributed by atoms with Gasteiger partial charge in [-0.15, -0.1) is 0 Å². The van der Waals surface area contributed by atoms with Crippen molar-refractivity contribution >= 4 is 27.5 Å². The summed E-state index contributed by atoms with van der Waals surface area (Å²) < 4.78 is 2.35. The third kappa shape index (κ3) is 2.20. The maximum Gasteiger partial charge on any atom is 0.159 e. The fraction of sp³-hybridized carbons (Fsp3) is 0.0909. The summed E-state index contributed by atoms with van der Waals surface area (Å²) in [5.41, 5.74) is 4.74. The minimum atomic E-state index is 0.768. The van der Waals surface area contributed by atoms with Crippen molar-refractivity contribution in [2.45, 2.75) is 12.8 Å². The topological polar surface area (TPSA) is 30.7 Å². The van der Waals surface area contributed by atoms with Crippen LogP contribution in [0, 0.1) is 0 Å². The summed E-state index contributed by atoms with van der Waals surface area (Å²) in [7, 11) is 0. The largest absolute Gasteiger partial charge is 0.310 e. The van der Waals surface area contributed by atoms with Gasteiger partial charge in [0.2, 0.25) is 0 Å². The van der Waals surface area contributed by atoms with Crippen molar-refractivity contribution in [2.75, 3.05) is 0 Å². The van der Waals surface area contributed by atoms with Gasteiger partial charge in [0.1, 0.15) is 0 Å². The van der Waals surface area contributed by atoms with E-state index in [4.69, 9.17) is 0 Å². The lowest BCUT2D eigenvalue weighted by molar-refractivity contribution is 1.02. The Hall–Kier alpha value is -3.20. The molecule has 120 valence electrons. The zero-order chi connectivity index (χ0) is 16.6. The molecule has 0 atom stereocenters. The minimum Gasteiger partial charge on any atom is -0.310 e. The van der Waals surface area contributed by atoms with Gasteiger partial charge in [-0.1, -0.05) is 42.5 Å². The Morgan fingerprint density at radius 3 is 2.48 bits per heavy atom. The summed E-state index contributed by atoms with van der Waals surface area (Å²) >= 11 is 0. The van der Waals surface area contributed by atoms with Crippen LogP contribution >= 0.6 is 0 Å². The molecule has 1 aliphatic carbocycles. The van der Waals surface area contributed by atoms with Crippen LogP contribution in [0.2, 0.25) is 0 Å². The van der Waals surface area contributed by atoms with E-state index in [-0.39, 0.29) is 0 Å². The molecule has 2 aromatic carbocycles. The molecular weight excluding hydrogens is 306 g/mol. The molecule has 0 saturated carbocycles. The summed E-state index contributed by atoms with van der Waals surface area (Å²) in [4.78, 5) is 8.96. The fourth-order valence-electron chi connectivity index (χ4n) is 3.69. The van der Waals surface area contributed by atoms with Crippen LogP contribution in [0.5, 0.6) is 0 Å². The number of para-hydroxylation sites is 1. The van der Waals surface area contributed by atoms with Gasteiger partial charge in [-0.25, -0.2) is 9.97 Å². The van der Waals surface area contributed by atoms with E-state index < -0.39 is 0 Å². The first-order valence-corrected chi connectivity index (χ1v) is 8.60. The Labute approximate surface area is 146 Å². The number of allylic oxidation sites excluding steroid dienone is 4. The molecule has 0 N–H and O–H groups in total. The highest BCUT2D eigenvalue weighted by atomic mass is 15.0. The molecule has 3 heteroatoms. The zero-order valence-corrected chi connectivity index (χ0v) is 13.8. The van der Waals surface area contributed by atoms with Gasteiger partial charge < -0.3 is 4.57 Å². The molecule has 2 heterocycles. The first kappa shape index (κ1) is 14.2. The van der Waals surface area contributed by atoms with Gasteiger partial charge in [0.05, 0.1) is 11.0 Å². The van der Waals surface area contributed by atoms with E-state index in [1.165, 1.54) is 27.5 Å². The fourth-order valence-corrected chi connectivity index (χ4v) is 3.69. The maximum atomic E-state index is 4.48. The molecule has 0 bridgehead atoms. The second kappa shape index (κ2) is 5.71. The van der Waals surface area contributed by atoms with Crippen LogP contribution in [0.15, 0.2) is 79.2 Å². The molecule has 0 fully saturated rings. The number of benzene rings is 2. The minimum absolute atomic E-state index is 0.768. The third-order valence-electron chi connectivity index (χ3n) is 4.74. The average Bonchev–Trinajstić information content (AvgIpc) is 3.04. The van der Waals surface area contributed by atoms with E-state index in [0.29, 0.717) is 0 Å². The highest BCUT2D eigenvalue weighted by Crippen LogP contribution is 2.37. The number of rotatable bonds is 2. The van der Waals surface area contributed by atoms with Crippen molar-refractivity contribution in [1.82, 2.24) is 14.5 Å². The molecule has 25 heavy (non-hydrogen) atoms. The van der Waals surface area contributed by atoms with E-state index in [0.717, 1.165) is 24.2 Å². The summed E-state index contributed by atoms with van der Waals surface area (Å²) in [6.07, 6.45) is 12.6. The standard InChI is InChI=1S/C22H17N3/c1-2-8-16(9-3-1)25-19-12-5-4-10-17(19)21-18(11-6-13-20(21)25)22-23-14-7-15-24-22/h2,4-15H,1,3H2. The number of aromatic nitrogens is 3. The Kier molecular flexibility index (Phi) is 3.23. The number of fused-ring (bicyclic) bond motifs is 3. The van der Waals surface area contributed by atoms with E-state index in [1.807, 2.05) is 6.07 Å². The first-order chi connectivity index (χ1) is 12.4. The number of hydrogen-bond donors (Lipinski definition) is 0. The van der Waals surface area contributed by atoms with Crippen LogP contribution in [0.1, 0.15) is 12.8 Å². The summed E-state index contributed by atoms with van der Waals surface area (Å²) in [6.45, 7) is 0. The van der Waals surface area contributed by atoms with E-state index in [9.17, 15) is 0 Å². The molecule has 0 saturated heterocycles. The predicted molar refractivity (Wildman–Crippen MR) is 103 cm³/mol. The molecule has 2 aromatic heterocycles. The molecule has 0 amide bonds. The average molecular weight is 323 g/mol. The Morgan fingerprint density at radius 1 is 0.800 bits per heavy atom. The predicted octanol–water partition coefficient (Wildman–Crippen LogP) is 5.44. The van der Waals surface area contributed by atoms with E-state index in [2.05, 4.69) is 75.2 Å². The zero-order valence-electron chi connectivity index (χ0n) is 13.8. The quantitative estimate of drug-likeness (QED) is 0.491. The molecule has 0 unspecified atom stereocenters. The molecule has 0 radical (unpaired) electrons. The third-order valence-corrected chi connectivity index (χ3v) is 4.74. The lowest BCUT2D eigenvalue weighted by Crippen LogP contribution is -1.97. The van der Waals surface area contributed by atoms with Crippen molar-refractivity contribution < 1.29 is 0 Å². The van der Waals surface area contributed by atoms with Crippen molar-refractivity contribution in [3.05, 3.63) is 79.2 Å². The SMILES string of the molecule is C1=CC(n2c3ccccc3c3c(-c4ncccn4)cccc32)=CCC1. The van der Waals surface area contributed by atoms with Crippen LogP contribution in [0.4, 0.5) is 0 Å². The van der Waals surface area contributed by atoms with Crippen LogP contribution in [-0.2, 0) is 0 Å². The van der Waals surface area contributed by atoms with Crippen LogP contribution < -0.4 is 0 Å².